The molecule has 28 heavy (non-hydrogen) atoms. The van der Waals surface area contributed by atoms with Gasteiger partial charge in [0.1, 0.15) is 11.6 Å². The average molecular weight is 377 g/mol. The Bertz CT molecular complexity index is 912. The third kappa shape index (κ3) is 4.87. The first-order valence-corrected chi connectivity index (χ1v) is 9.60. The zero-order chi connectivity index (χ0) is 19.9. The van der Waals surface area contributed by atoms with E-state index in [2.05, 4.69) is 47.0 Å². The largest absolute Gasteiger partial charge is 0.496 e. The second kappa shape index (κ2) is 9.33. The number of aryl methyl sites for hydroxylation is 1. The molecule has 0 aliphatic rings. The lowest BCUT2D eigenvalue weighted by Gasteiger charge is -2.19. The van der Waals surface area contributed by atoms with Crippen molar-refractivity contribution < 1.29 is 4.74 Å². The summed E-state index contributed by atoms with van der Waals surface area (Å²) >= 11 is 0. The summed E-state index contributed by atoms with van der Waals surface area (Å²) in [5.41, 5.74) is 11.5. The highest BCUT2D eigenvalue weighted by Crippen LogP contribution is 2.33. The van der Waals surface area contributed by atoms with Gasteiger partial charge in [-0.25, -0.2) is 4.98 Å². The van der Waals surface area contributed by atoms with Crippen LogP contribution in [0, 0.1) is 0 Å². The van der Waals surface area contributed by atoms with E-state index in [0.29, 0.717) is 5.82 Å². The topological polar surface area (TPSA) is 64.3 Å². The van der Waals surface area contributed by atoms with Crippen molar-refractivity contribution in [3.63, 3.8) is 0 Å². The number of methoxy groups -OCH3 is 1. The Morgan fingerprint density at radius 3 is 2.64 bits per heavy atom. The van der Waals surface area contributed by atoms with Gasteiger partial charge >= 0.3 is 0 Å². The molecule has 146 valence electrons. The van der Waals surface area contributed by atoms with Gasteiger partial charge in [0.25, 0.3) is 0 Å². The van der Waals surface area contributed by atoms with E-state index in [1.807, 2.05) is 24.4 Å². The van der Waals surface area contributed by atoms with Crippen LogP contribution in [0.25, 0.3) is 11.3 Å². The smallest absolute Gasteiger partial charge is 0.128 e. The van der Waals surface area contributed by atoms with Crippen molar-refractivity contribution >= 4 is 5.82 Å². The lowest BCUT2D eigenvalue weighted by atomic mass is 9.96. The van der Waals surface area contributed by atoms with Gasteiger partial charge in [0, 0.05) is 31.0 Å². The van der Waals surface area contributed by atoms with Crippen LogP contribution in [0.1, 0.15) is 23.6 Å². The summed E-state index contributed by atoms with van der Waals surface area (Å²) in [5.74, 6) is 1.35. The second-order valence-electron chi connectivity index (χ2n) is 6.97. The van der Waals surface area contributed by atoms with E-state index in [1.165, 1.54) is 16.7 Å². The number of rotatable bonds is 8. The molecular weight excluding hydrogens is 348 g/mol. The van der Waals surface area contributed by atoms with Crippen LogP contribution in [-0.4, -0.2) is 35.6 Å². The number of benzene rings is 1. The number of nitrogens with two attached hydrogens (primary N) is 1. The van der Waals surface area contributed by atoms with E-state index in [9.17, 15) is 0 Å². The van der Waals surface area contributed by atoms with E-state index in [-0.39, 0.29) is 0 Å². The Morgan fingerprint density at radius 2 is 1.96 bits per heavy atom. The van der Waals surface area contributed by atoms with E-state index >= 15 is 0 Å². The number of anilines is 1. The van der Waals surface area contributed by atoms with Crippen LogP contribution in [0.4, 0.5) is 5.82 Å². The van der Waals surface area contributed by atoms with Crippen LogP contribution in [0.3, 0.4) is 0 Å². The number of ether oxygens (including phenoxy) is 1. The van der Waals surface area contributed by atoms with Gasteiger partial charge in [0.05, 0.1) is 12.8 Å². The summed E-state index contributed by atoms with van der Waals surface area (Å²) < 4.78 is 5.68. The highest BCUT2D eigenvalue weighted by Gasteiger charge is 2.13. The minimum Gasteiger partial charge on any atom is -0.496 e. The van der Waals surface area contributed by atoms with Gasteiger partial charge in [0.2, 0.25) is 0 Å². The standard InChI is InChI=1S/C23H28N4O/c1-4-18-13-20(21-8-5-9-23(24)26-21)22(28-3)14-19(18)10-12-27(2)16-17-7-6-11-25-15-17/h5-9,11,13-15H,4,10,12,16H2,1-3H3,(H2,24,26). The van der Waals surface area contributed by atoms with Crippen molar-refractivity contribution in [1.29, 1.82) is 0 Å². The van der Waals surface area contributed by atoms with Crippen LogP contribution in [-0.2, 0) is 19.4 Å². The maximum absolute atomic E-state index is 5.87. The molecule has 5 heteroatoms. The Kier molecular flexibility index (Phi) is 6.61. The number of nitrogen functional groups attached to an aromatic ring is 1. The van der Waals surface area contributed by atoms with Crippen molar-refractivity contribution in [3.8, 4) is 17.0 Å². The molecule has 0 saturated heterocycles. The Hall–Kier alpha value is -2.92. The second-order valence-corrected chi connectivity index (χ2v) is 6.97. The van der Waals surface area contributed by atoms with Crippen molar-refractivity contribution in [3.05, 3.63) is 71.5 Å². The average Bonchev–Trinajstić information content (AvgIpc) is 2.72. The molecule has 3 aromatic rings. The number of likely N-dealkylation sites (N-methyl/N-ethyl adjacent to an activating group) is 1. The van der Waals surface area contributed by atoms with Crippen molar-refractivity contribution in [2.75, 3.05) is 26.4 Å². The third-order valence-corrected chi connectivity index (χ3v) is 4.89. The summed E-state index contributed by atoms with van der Waals surface area (Å²) in [4.78, 5) is 11.0. The molecule has 0 amide bonds. The predicted molar refractivity (Wildman–Crippen MR) is 114 cm³/mol. The quantitative estimate of drug-likeness (QED) is 0.644. The predicted octanol–water partition coefficient (Wildman–Crippen LogP) is 3.97. The summed E-state index contributed by atoms with van der Waals surface area (Å²) in [6, 6.07) is 14.1. The molecule has 0 aliphatic carbocycles. The third-order valence-electron chi connectivity index (χ3n) is 4.89. The molecule has 1 aromatic carbocycles. The minimum atomic E-state index is 0.513. The molecule has 0 saturated carbocycles. The lowest BCUT2D eigenvalue weighted by molar-refractivity contribution is 0.330. The number of hydrogen-bond donors (Lipinski definition) is 1. The molecule has 0 aliphatic heterocycles. The zero-order valence-corrected chi connectivity index (χ0v) is 16.9. The Balaban J connectivity index is 1.79. The SMILES string of the molecule is CCc1cc(-c2cccc(N)n2)c(OC)cc1CCN(C)Cc1cccnc1. The summed E-state index contributed by atoms with van der Waals surface area (Å²) in [6.07, 6.45) is 5.65. The maximum Gasteiger partial charge on any atom is 0.128 e. The monoisotopic (exact) mass is 376 g/mol. The van der Waals surface area contributed by atoms with E-state index in [0.717, 1.165) is 42.9 Å². The number of aromatic nitrogens is 2. The van der Waals surface area contributed by atoms with Crippen LogP contribution in [0.5, 0.6) is 5.75 Å². The summed E-state index contributed by atoms with van der Waals surface area (Å²) in [6.45, 7) is 4.03. The van der Waals surface area contributed by atoms with Gasteiger partial charge in [-0.15, -0.1) is 0 Å². The first-order valence-electron chi connectivity index (χ1n) is 9.60. The lowest BCUT2D eigenvalue weighted by Crippen LogP contribution is -2.21. The van der Waals surface area contributed by atoms with E-state index < -0.39 is 0 Å². The van der Waals surface area contributed by atoms with Crippen LogP contribution in [0.2, 0.25) is 0 Å². The molecule has 0 bridgehead atoms. The fraction of sp³-hybridized carbons (Fsp3) is 0.304. The van der Waals surface area contributed by atoms with Crippen LogP contribution >= 0.6 is 0 Å². The van der Waals surface area contributed by atoms with Crippen molar-refractivity contribution in [2.24, 2.45) is 0 Å². The molecule has 3 rings (SSSR count). The van der Waals surface area contributed by atoms with Gasteiger partial charge < -0.3 is 15.4 Å². The molecule has 2 aromatic heterocycles. The normalized spacial score (nSPS) is 11.0. The van der Waals surface area contributed by atoms with E-state index in [1.54, 1.807) is 19.4 Å². The molecule has 0 atom stereocenters. The minimum absolute atomic E-state index is 0.513. The van der Waals surface area contributed by atoms with Crippen LogP contribution < -0.4 is 10.5 Å². The number of nitrogens with zero attached hydrogens (tertiary/aromatic N) is 3. The van der Waals surface area contributed by atoms with Gasteiger partial charge in [-0.05, 0) is 66.9 Å². The van der Waals surface area contributed by atoms with Gasteiger partial charge in [-0.2, -0.15) is 0 Å². The maximum atomic E-state index is 5.87. The Morgan fingerprint density at radius 1 is 1.11 bits per heavy atom. The molecule has 5 nitrogen and oxygen atoms in total. The molecule has 2 N–H and O–H groups in total. The molecule has 0 radical (unpaired) electrons. The molecule has 0 spiro atoms. The highest BCUT2D eigenvalue weighted by atomic mass is 16.5. The number of pyridine rings is 2. The summed E-state index contributed by atoms with van der Waals surface area (Å²) in [5, 5.41) is 0. The molecule has 0 fully saturated rings. The molecule has 0 unspecified atom stereocenters. The van der Waals surface area contributed by atoms with Gasteiger partial charge in [-0.1, -0.05) is 19.1 Å². The highest BCUT2D eigenvalue weighted by molar-refractivity contribution is 5.70. The van der Waals surface area contributed by atoms with Crippen molar-refractivity contribution in [2.45, 2.75) is 26.3 Å². The zero-order valence-electron chi connectivity index (χ0n) is 16.9. The van der Waals surface area contributed by atoms with Gasteiger partial charge in [-0.3, -0.25) is 4.98 Å². The number of hydrogen-bond acceptors (Lipinski definition) is 5. The first-order chi connectivity index (χ1) is 13.6. The fourth-order valence-electron chi connectivity index (χ4n) is 3.39. The molecule has 2 heterocycles. The van der Waals surface area contributed by atoms with Crippen molar-refractivity contribution in [1.82, 2.24) is 14.9 Å². The summed E-state index contributed by atoms with van der Waals surface area (Å²) in [7, 11) is 3.84. The first kappa shape index (κ1) is 19.8. The van der Waals surface area contributed by atoms with E-state index in [4.69, 9.17) is 10.5 Å². The van der Waals surface area contributed by atoms with Crippen LogP contribution in [0.15, 0.2) is 54.9 Å². The Labute approximate surface area is 167 Å². The molecular formula is C23H28N4O. The van der Waals surface area contributed by atoms with Gasteiger partial charge in [0.15, 0.2) is 0 Å². The fourth-order valence-corrected chi connectivity index (χ4v) is 3.39.